The standard InChI is InChI=1S/C18H17N5O/c19-10-11-20-17(24)13-23-16-9-5-4-8-15(16)22-18(23)21-12-14-6-2-1-3-7-14/h1-9H,11-13H2,(H,20,24)(H,21,22). The van der Waals surface area contributed by atoms with Crippen LogP contribution in [-0.4, -0.2) is 22.0 Å². The second kappa shape index (κ2) is 7.29. The van der Waals surface area contributed by atoms with Gasteiger partial charge < -0.3 is 15.2 Å². The lowest BCUT2D eigenvalue weighted by molar-refractivity contribution is -0.121. The molecule has 0 aliphatic heterocycles. The molecular formula is C18H17N5O. The number of nitriles is 1. The van der Waals surface area contributed by atoms with E-state index in [-0.39, 0.29) is 19.0 Å². The molecule has 2 aromatic carbocycles. The van der Waals surface area contributed by atoms with Crippen LogP contribution in [0.15, 0.2) is 54.6 Å². The van der Waals surface area contributed by atoms with Crippen LogP contribution in [0.1, 0.15) is 5.56 Å². The predicted molar refractivity (Wildman–Crippen MR) is 92.1 cm³/mol. The van der Waals surface area contributed by atoms with Gasteiger partial charge in [-0.25, -0.2) is 4.98 Å². The Morgan fingerprint density at radius 3 is 2.67 bits per heavy atom. The molecule has 6 heteroatoms. The van der Waals surface area contributed by atoms with Crippen molar-refractivity contribution in [2.75, 3.05) is 11.9 Å². The lowest BCUT2D eigenvalue weighted by Crippen LogP contribution is -2.28. The summed E-state index contributed by atoms with van der Waals surface area (Å²) < 4.78 is 1.82. The van der Waals surface area contributed by atoms with Gasteiger partial charge in [-0.15, -0.1) is 0 Å². The van der Waals surface area contributed by atoms with Crippen LogP contribution >= 0.6 is 0 Å². The van der Waals surface area contributed by atoms with Gasteiger partial charge in [0.05, 0.1) is 17.1 Å². The van der Waals surface area contributed by atoms with Gasteiger partial charge in [0.2, 0.25) is 11.9 Å². The first kappa shape index (κ1) is 15.6. The minimum Gasteiger partial charge on any atom is -0.352 e. The Morgan fingerprint density at radius 2 is 1.88 bits per heavy atom. The highest BCUT2D eigenvalue weighted by atomic mass is 16.1. The highest BCUT2D eigenvalue weighted by molar-refractivity contribution is 5.83. The molecule has 0 saturated carbocycles. The van der Waals surface area contributed by atoms with Crippen LogP contribution in [0.5, 0.6) is 0 Å². The van der Waals surface area contributed by atoms with Crippen molar-refractivity contribution in [1.82, 2.24) is 14.9 Å². The normalized spacial score (nSPS) is 10.3. The quantitative estimate of drug-likeness (QED) is 0.683. The molecule has 0 spiro atoms. The zero-order valence-electron chi connectivity index (χ0n) is 13.1. The number of hydrogen-bond donors (Lipinski definition) is 2. The van der Waals surface area contributed by atoms with Gasteiger partial charge in [-0.2, -0.15) is 5.26 Å². The molecule has 0 aliphatic rings. The van der Waals surface area contributed by atoms with Crippen LogP contribution in [0.2, 0.25) is 0 Å². The largest absolute Gasteiger partial charge is 0.352 e. The summed E-state index contributed by atoms with van der Waals surface area (Å²) in [4.78, 5) is 16.6. The van der Waals surface area contributed by atoms with Crippen molar-refractivity contribution in [2.24, 2.45) is 0 Å². The summed E-state index contributed by atoms with van der Waals surface area (Å²) in [5, 5.41) is 14.4. The van der Waals surface area contributed by atoms with E-state index in [1.807, 2.05) is 65.2 Å². The molecule has 0 fully saturated rings. The van der Waals surface area contributed by atoms with Gasteiger partial charge in [-0.1, -0.05) is 42.5 Å². The number of benzene rings is 2. The summed E-state index contributed by atoms with van der Waals surface area (Å²) in [7, 11) is 0. The molecule has 0 saturated heterocycles. The Morgan fingerprint density at radius 1 is 1.12 bits per heavy atom. The molecule has 3 rings (SSSR count). The Kier molecular flexibility index (Phi) is 4.73. The van der Waals surface area contributed by atoms with Gasteiger partial charge in [0.1, 0.15) is 13.1 Å². The number of carbonyl (C=O) groups is 1. The van der Waals surface area contributed by atoms with Crippen LogP contribution in [0.3, 0.4) is 0 Å². The van der Waals surface area contributed by atoms with E-state index >= 15 is 0 Å². The number of hydrogen-bond acceptors (Lipinski definition) is 4. The number of carbonyl (C=O) groups excluding carboxylic acids is 1. The molecule has 0 bridgehead atoms. The summed E-state index contributed by atoms with van der Waals surface area (Å²) in [6.07, 6.45) is 0. The first-order chi connectivity index (χ1) is 11.8. The number of fused-ring (bicyclic) bond motifs is 1. The average Bonchev–Trinajstić information content (AvgIpc) is 2.97. The molecule has 3 aromatic rings. The maximum Gasteiger partial charge on any atom is 0.240 e. The van der Waals surface area contributed by atoms with Crippen LogP contribution < -0.4 is 10.6 Å². The van der Waals surface area contributed by atoms with Crippen LogP contribution in [0.4, 0.5) is 5.95 Å². The first-order valence-corrected chi connectivity index (χ1v) is 7.64. The van der Waals surface area contributed by atoms with Gasteiger partial charge in [-0.05, 0) is 17.7 Å². The average molecular weight is 319 g/mol. The molecule has 24 heavy (non-hydrogen) atoms. The molecular weight excluding hydrogens is 302 g/mol. The van der Waals surface area contributed by atoms with Gasteiger partial charge in [0.25, 0.3) is 0 Å². The molecule has 1 heterocycles. The topological polar surface area (TPSA) is 82.7 Å². The fourth-order valence-electron chi connectivity index (χ4n) is 2.49. The number of aromatic nitrogens is 2. The van der Waals surface area contributed by atoms with Crippen molar-refractivity contribution in [2.45, 2.75) is 13.1 Å². The van der Waals surface area contributed by atoms with Gasteiger partial charge >= 0.3 is 0 Å². The molecule has 2 N–H and O–H groups in total. The Bertz CT molecular complexity index is 879. The smallest absolute Gasteiger partial charge is 0.240 e. The van der Waals surface area contributed by atoms with Crippen LogP contribution in [0, 0.1) is 11.3 Å². The van der Waals surface area contributed by atoms with Crippen molar-refractivity contribution in [1.29, 1.82) is 5.26 Å². The maximum atomic E-state index is 12.0. The molecule has 120 valence electrons. The minimum absolute atomic E-state index is 0.00175. The summed E-state index contributed by atoms with van der Waals surface area (Å²) >= 11 is 0. The number of amides is 1. The number of nitrogens with one attached hydrogen (secondary N) is 2. The van der Waals surface area contributed by atoms with E-state index in [0.717, 1.165) is 16.6 Å². The summed E-state index contributed by atoms with van der Waals surface area (Å²) in [6, 6.07) is 19.6. The zero-order valence-corrected chi connectivity index (χ0v) is 13.1. The van der Waals surface area contributed by atoms with Crippen LogP contribution in [0.25, 0.3) is 11.0 Å². The first-order valence-electron chi connectivity index (χ1n) is 7.64. The molecule has 1 amide bonds. The van der Waals surface area contributed by atoms with Crippen molar-refractivity contribution in [3.8, 4) is 6.07 Å². The van der Waals surface area contributed by atoms with E-state index in [1.165, 1.54) is 0 Å². The number of nitrogens with zero attached hydrogens (tertiary/aromatic N) is 3. The van der Waals surface area contributed by atoms with Crippen molar-refractivity contribution in [3.05, 3.63) is 60.2 Å². The second-order valence-electron chi connectivity index (χ2n) is 5.28. The molecule has 1 aromatic heterocycles. The third-order valence-corrected chi connectivity index (χ3v) is 3.61. The number of para-hydroxylation sites is 2. The maximum absolute atomic E-state index is 12.0. The van der Waals surface area contributed by atoms with Crippen molar-refractivity contribution >= 4 is 22.9 Å². The van der Waals surface area contributed by atoms with Gasteiger partial charge in [-0.3, -0.25) is 4.79 Å². The molecule has 0 atom stereocenters. The van der Waals surface area contributed by atoms with E-state index in [4.69, 9.17) is 5.26 Å². The Hall–Kier alpha value is -3.33. The number of anilines is 1. The SMILES string of the molecule is N#CCNC(=O)Cn1c(NCc2ccccc2)nc2ccccc21. The highest BCUT2D eigenvalue weighted by Crippen LogP contribution is 2.20. The highest BCUT2D eigenvalue weighted by Gasteiger charge is 2.13. The lowest BCUT2D eigenvalue weighted by Gasteiger charge is -2.10. The Balaban J connectivity index is 1.84. The molecule has 0 aliphatic carbocycles. The second-order valence-corrected chi connectivity index (χ2v) is 5.28. The fourth-order valence-corrected chi connectivity index (χ4v) is 2.49. The van der Waals surface area contributed by atoms with Crippen molar-refractivity contribution in [3.63, 3.8) is 0 Å². The fraction of sp³-hybridized carbons (Fsp3) is 0.167. The number of rotatable bonds is 6. The van der Waals surface area contributed by atoms with E-state index in [9.17, 15) is 4.79 Å². The predicted octanol–water partition coefficient (Wildman–Crippen LogP) is 2.29. The van der Waals surface area contributed by atoms with E-state index in [2.05, 4.69) is 15.6 Å². The third-order valence-electron chi connectivity index (χ3n) is 3.61. The third kappa shape index (κ3) is 3.52. The van der Waals surface area contributed by atoms with Gasteiger partial charge in [0.15, 0.2) is 0 Å². The molecule has 0 unspecified atom stereocenters. The summed E-state index contributed by atoms with van der Waals surface area (Å²) in [5.41, 5.74) is 2.83. The van der Waals surface area contributed by atoms with Crippen molar-refractivity contribution < 1.29 is 4.79 Å². The van der Waals surface area contributed by atoms with E-state index < -0.39 is 0 Å². The minimum atomic E-state index is -0.220. The van der Waals surface area contributed by atoms with Gasteiger partial charge in [0, 0.05) is 6.54 Å². The number of imidazole rings is 1. The van der Waals surface area contributed by atoms with E-state index in [1.54, 1.807) is 0 Å². The summed E-state index contributed by atoms with van der Waals surface area (Å²) in [5.74, 6) is 0.412. The Labute approximate surface area is 139 Å². The molecule has 6 nitrogen and oxygen atoms in total. The lowest BCUT2D eigenvalue weighted by atomic mass is 10.2. The van der Waals surface area contributed by atoms with Crippen LogP contribution in [-0.2, 0) is 17.9 Å². The monoisotopic (exact) mass is 319 g/mol. The summed E-state index contributed by atoms with van der Waals surface area (Å²) in [6.45, 7) is 0.724. The molecule has 0 radical (unpaired) electrons. The zero-order chi connectivity index (χ0) is 16.8. The van der Waals surface area contributed by atoms with E-state index in [0.29, 0.717) is 12.5 Å².